The maximum Gasteiger partial charge on any atom is 0.255 e. The quantitative estimate of drug-likeness (QED) is 0.0880. The highest BCUT2D eigenvalue weighted by atomic mass is 32.2. The number of ether oxygens (including phenoxy) is 2. The fourth-order valence-corrected chi connectivity index (χ4v) is 8.89. The number of nitrogens with two attached hydrogens (primary N) is 1. The number of piperidine rings is 2. The molecular weight excluding hydrogens is 853 g/mol. The van der Waals surface area contributed by atoms with Crippen LogP contribution >= 0.6 is 11.8 Å². The molecule has 3 fully saturated rings. The molecule has 2 aromatic carbocycles. The molecule has 0 saturated carbocycles. The van der Waals surface area contributed by atoms with Crippen molar-refractivity contribution in [3.8, 4) is 0 Å². The van der Waals surface area contributed by atoms with Crippen molar-refractivity contribution in [3.05, 3.63) is 89.5 Å². The van der Waals surface area contributed by atoms with Crippen molar-refractivity contribution in [3.63, 3.8) is 0 Å². The van der Waals surface area contributed by atoms with Gasteiger partial charge in [-0.2, -0.15) is 0 Å². The number of aromatic nitrogens is 4. The Morgan fingerprint density at radius 2 is 1.68 bits per heavy atom. The number of nitrogens with zero attached hydrogens (tertiary/aromatic N) is 8. The Morgan fingerprint density at radius 1 is 0.892 bits per heavy atom. The second kappa shape index (κ2) is 20.8. The molecule has 5 N–H and O–H groups in total. The minimum absolute atomic E-state index is 0.0849. The summed E-state index contributed by atoms with van der Waals surface area (Å²) in [7, 11) is 0. The Labute approximate surface area is 381 Å². The van der Waals surface area contributed by atoms with Gasteiger partial charge in [-0.25, -0.2) is 19.9 Å². The largest absolute Gasteiger partial charge is 0.378 e. The van der Waals surface area contributed by atoms with E-state index in [0.717, 1.165) is 85.5 Å². The summed E-state index contributed by atoms with van der Waals surface area (Å²) in [5.41, 5.74) is 9.24. The van der Waals surface area contributed by atoms with Crippen LogP contribution in [0, 0.1) is 0 Å². The highest BCUT2D eigenvalue weighted by molar-refractivity contribution is 7.99. The van der Waals surface area contributed by atoms with Crippen LogP contribution in [0.25, 0.3) is 0 Å². The van der Waals surface area contributed by atoms with E-state index in [-0.39, 0.29) is 55.3 Å². The van der Waals surface area contributed by atoms with Crippen LogP contribution in [0.4, 0.5) is 17.5 Å². The van der Waals surface area contributed by atoms with Crippen molar-refractivity contribution in [2.45, 2.75) is 67.2 Å². The standard InChI is InChI=1S/C45H54N12O7S/c1-45(46)9-11-55(12-10-45)37-26-48-40(27-47-37)65-34-4-2-3-33(22-34)52-39(59)29-64-20-19-63-18-17-54-13-15-56(16-14-54)44-50-24-32(25-51-44)41(60)49-23-30-5-6-35-31(21-30)28-57(43(35)62)36-7-8-38(58)53-42(36)61/h2-6,21-22,24-27,36H,7-20,23,28-29,46H2,1H3,(H,49,60)(H,52,59)(H,53,58,61). The van der Waals surface area contributed by atoms with E-state index in [1.165, 1.54) is 29.1 Å². The summed E-state index contributed by atoms with van der Waals surface area (Å²) in [6.07, 6.45) is 8.94. The van der Waals surface area contributed by atoms with Gasteiger partial charge in [-0.05, 0) is 61.6 Å². The molecule has 65 heavy (non-hydrogen) atoms. The van der Waals surface area contributed by atoms with Gasteiger partial charge in [-0.1, -0.05) is 30.0 Å². The summed E-state index contributed by atoms with van der Waals surface area (Å²) in [4.78, 5) is 89.6. The molecule has 0 aliphatic carbocycles. The molecule has 342 valence electrons. The molecule has 1 atom stereocenters. The third-order valence-corrected chi connectivity index (χ3v) is 12.8. The number of hydrogen-bond acceptors (Lipinski definition) is 16. The Hall–Kier alpha value is -6.06. The van der Waals surface area contributed by atoms with Gasteiger partial charge in [-0.15, -0.1) is 0 Å². The summed E-state index contributed by atoms with van der Waals surface area (Å²) >= 11 is 1.48. The monoisotopic (exact) mass is 906 g/mol. The van der Waals surface area contributed by atoms with Gasteiger partial charge in [0.05, 0.1) is 37.8 Å². The second-order valence-corrected chi connectivity index (χ2v) is 18.0. The van der Waals surface area contributed by atoms with Crippen molar-refractivity contribution in [2.24, 2.45) is 5.73 Å². The minimum atomic E-state index is -0.682. The molecule has 4 aromatic rings. The molecule has 2 aromatic heterocycles. The zero-order valence-electron chi connectivity index (χ0n) is 36.4. The van der Waals surface area contributed by atoms with Crippen molar-refractivity contribution in [1.29, 1.82) is 0 Å². The van der Waals surface area contributed by atoms with Gasteiger partial charge in [0, 0.05) is 99.4 Å². The minimum Gasteiger partial charge on any atom is -0.378 e. The van der Waals surface area contributed by atoms with E-state index >= 15 is 0 Å². The smallest absolute Gasteiger partial charge is 0.255 e. The number of carbonyl (C=O) groups excluding carboxylic acids is 5. The summed E-state index contributed by atoms with van der Waals surface area (Å²) in [5.74, 6) is -0.187. The van der Waals surface area contributed by atoms with E-state index in [0.29, 0.717) is 49.0 Å². The number of imide groups is 1. The summed E-state index contributed by atoms with van der Waals surface area (Å²) in [6.45, 7) is 9.24. The van der Waals surface area contributed by atoms with Crippen LogP contribution in [0.2, 0.25) is 0 Å². The maximum absolute atomic E-state index is 13.0. The van der Waals surface area contributed by atoms with E-state index < -0.39 is 11.9 Å². The third-order valence-electron chi connectivity index (χ3n) is 11.9. The fourth-order valence-electron chi connectivity index (χ4n) is 8.10. The number of hydrogen-bond donors (Lipinski definition) is 4. The molecule has 20 heteroatoms. The molecule has 3 saturated heterocycles. The van der Waals surface area contributed by atoms with Gasteiger partial charge in [0.1, 0.15) is 23.5 Å². The van der Waals surface area contributed by atoms with Crippen LogP contribution in [-0.4, -0.2) is 143 Å². The Balaban J connectivity index is 0.672. The number of anilines is 3. The number of rotatable bonds is 17. The van der Waals surface area contributed by atoms with Crippen molar-refractivity contribution in [2.75, 3.05) is 87.4 Å². The van der Waals surface area contributed by atoms with Gasteiger partial charge in [0.25, 0.3) is 11.8 Å². The Morgan fingerprint density at radius 3 is 2.43 bits per heavy atom. The lowest BCUT2D eigenvalue weighted by Gasteiger charge is -2.37. The van der Waals surface area contributed by atoms with Gasteiger partial charge in [-0.3, -0.25) is 34.2 Å². The van der Waals surface area contributed by atoms with Crippen LogP contribution in [0.1, 0.15) is 64.4 Å². The van der Waals surface area contributed by atoms with E-state index in [2.05, 4.69) is 57.5 Å². The van der Waals surface area contributed by atoms with E-state index in [9.17, 15) is 24.0 Å². The number of nitrogens with one attached hydrogen (secondary N) is 3. The van der Waals surface area contributed by atoms with Gasteiger partial charge < -0.3 is 40.5 Å². The number of benzene rings is 2. The molecule has 6 heterocycles. The first kappa shape index (κ1) is 45.5. The Kier molecular flexibility index (Phi) is 14.6. The van der Waals surface area contributed by atoms with Crippen molar-refractivity contribution in [1.82, 2.24) is 40.4 Å². The average Bonchev–Trinajstić information content (AvgIpc) is 3.63. The summed E-state index contributed by atoms with van der Waals surface area (Å²) < 4.78 is 11.3. The topological polar surface area (TPSA) is 230 Å². The van der Waals surface area contributed by atoms with Crippen LogP contribution < -0.4 is 31.5 Å². The predicted molar refractivity (Wildman–Crippen MR) is 241 cm³/mol. The molecule has 8 rings (SSSR count). The van der Waals surface area contributed by atoms with E-state index in [4.69, 9.17) is 15.2 Å². The highest BCUT2D eigenvalue weighted by Crippen LogP contribution is 2.30. The van der Waals surface area contributed by atoms with Crippen molar-refractivity contribution < 1.29 is 33.4 Å². The molecule has 0 bridgehead atoms. The van der Waals surface area contributed by atoms with Gasteiger partial charge in [0.15, 0.2) is 0 Å². The highest BCUT2D eigenvalue weighted by Gasteiger charge is 2.39. The zero-order chi connectivity index (χ0) is 45.3. The molecule has 19 nitrogen and oxygen atoms in total. The normalized spacial score (nSPS) is 18.6. The van der Waals surface area contributed by atoms with Crippen molar-refractivity contribution >= 4 is 58.8 Å². The van der Waals surface area contributed by atoms with Crippen LogP contribution in [0.15, 0.2) is 77.2 Å². The van der Waals surface area contributed by atoms with Gasteiger partial charge >= 0.3 is 0 Å². The zero-order valence-corrected chi connectivity index (χ0v) is 37.2. The van der Waals surface area contributed by atoms with Gasteiger partial charge in [0.2, 0.25) is 23.7 Å². The SMILES string of the molecule is CC1(N)CCN(c2cnc(Sc3cccc(NC(=O)COCCOCCN4CCN(c5ncc(C(=O)NCc6ccc7c(c6)CN(C6CCC(=O)NC6=O)C7=O)cn5)CC4)c3)cn2)CC1. The molecule has 0 radical (unpaired) electrons. The average molecular weight is 907 g/mol. The van der Waals surface area contributed by atoms with Crippen LogP contribution in [-0.2, 0) is 36.9 Å². The lowest BCUT2D eigenvalue weighted by molar-refractivity contribution is -0.137. The molecule has 4 aliphatic heterocycles. The number of piperazine rings is 1. The van der Waals surface area contributed by atoms with Crippen LogP contribution in [0.5, 0.6) is 0 Å². The number of carbonyl (C=O) groups is 5. The first-order valence-electron chi connectivity index (χ1n) is 21.9. The van der Waals surface area contributed by atoms with E-state index in [1.54, 1.807) is 24.5 Å². The maximum atomic E-state index is 13.0. The number of fused-ring (bicyclic) bond motifs is 1. The van der Waals surface area contributed by atoms with E-state index in [1.807, 2.05) is 30.3 Å². The third kappa shape index (κ3) is 12.0. The molecular formula is C45H54N12O7S. The lowest BCUT2D eigenvalue weighted by atomic mass is 9.91. The lowest BCUT2D eigenvalue weighted by Crippen LogP contribution is -2.52. The molecule has 4 aliphatic rings. The Bertz CT molecular complexity index is 2350. The number of amides is 5. The first-order valence-corrected chi connectivity index (χ1v) is 22.7. The second-order valence-electron chi connectivity index (χ2n) is 16.9. The molecule has 0 spiro atoms. The molecule has 5 amide bonds. The summed E-state index contributed by atoms with van der Waals surface area (Å²) in [5, 5.41) is 8.86. The fraction of sp³-hybridized carbons (Fsp3) is 0.444. The first-order chi connectivity index (χ1) is 31.5. The van der Waals surface area contributed by atoms with Crippen LogP contribution in [0.3, 0.4) is 0 Å². The molecule has 1 unspecified atom stereocenters. The summed E-state index contributed by atoms with van der Waals surface area (Å²) in [6, 6.07) is 12.2. The predicted octanol–water partition coefficient (Wildman–Crippen LogP) is 2.22.